The van der Waals surface area contributed by atoms with Gasteiger partial charge in [-0.15, -0.1) is 0 Å². The van der Waals surface area contributed by atoms with Crippen molar-refractivity contribution in [1.29, 1.82) is 0 Å². The summed E-state index contributed by atoms with van der Waals surface area (Å²) in [7, 11) is 0. The summed E-state index contributed by atoms with van der Waals surface area (Å²) in [6.45, 7) is 1.87. The van der Waals surface area contributed by atoms with E-state index in [1.807, 2.05) is 60.7 Å². The van der Waals surface area contributed by atoms with Gasteiger partial charge in [-0.2, -0.15) is 0 Å². The number of amides is 2. The topological polar surface area (TPSA) is 58.2 Å². The molecule has 2 aromatic carbocycles. The number of hydrogen-bond acceptors (Lipinski definition) is 2. The molecule has 0 unspecified atom stereocenters. The van der Waals surface area contributed by atoms with Crippen molar-refractivity contribution in [3.8, 4) is 0 Å². The van der Waals surface area contributed by atoms with Gasteiger partial charge >= 0.3 is 0 Å². The lowest BCUT2D eigenvalue weighted by atomic mass is 10.1. The first-order chi connectivity index (χ1) is 10.6. The molecule has 0 spiro atoms. The Bertz CT molecular complexity index is 611. The molecule has 4 heteroatoms. The van der Waals surface area contributed by atoms with Gasteiger partial charge in [0.05, 0.1) is 0 Å². The lowest BCUT2D eigenvalue weighted by Gasteiger charge is -2.18. The molecular formula is C18H20N2O2. The summed E-state index contributed by atoms with van der Waals surface area (Å²) in [5.74, 6) is -0.390. The number of carbonyl (C=O) groups is 2. The van der Waals surface area contributed by atoms with Crippen molar-refractivity contribution < 1.29 is 9.59 Å². The van der Waals surface area contributed by atoms with E-state index in [9.17, 15) is 9.59 Å². The largest absolute Gasteiger partial charge is 0.350 e. The van der Waals surface area contributed by atoms with Crippen LogP contribution in [0.15, 0.2) is 60.7 Å². The first-order valence-corrected chi connectivity index (χ1v) is 7.28. The van der Waals surface area contributed by atoms with Gasteiger partial charge in [-0.3, -0.25) is 9.59 Å². The van der Waals surface area contributed by atoms with Crippen LogP contribution in [0, 0.1) is 0 Å². The Morgan fingerprint density at radius 2 is 1.45 bits per heavy atom. The maximum absolute atomic E-state index is 12.3. The molecule has 0 aliphatic carbocycles. The van der Waals surface area contributed by atoms with Crippen molar-refractivity contribution in [2.45, 2.75) is 25.9 Å². The minimum atomic E-state index is -0.566. The predicted molar refractivity (Wildman–Crippen MR) is 86.0 cm³/mol. The average molecular weight is 296 g/mol. The van der Waals surface area contributed by atoms with Crippen LogP contribution in [0.3, 0.4) is 0 Å². The Kier molecular flexibility index (Phi) is 5.72. The highest BCUT2D eigenvalue weighted by Crippen LogP contribution is 2.04. The minimum Gasteiger partial charge on any atom is -0.350 e. The van der Waals surface area contributed by atoms with Gasteiger partial charge in [0.15, 0.2) is 0 Å². The molecule has 0 aliphatic heterocycles. The molecule has 4 nitrogen and oxygen atoms in total. The molecule has 2 N–H and O–H groups in total. The number of carbonyl (C=O) groups excluding carboxylic acids is 2. The third-order valence-electron chi connectivity index (χ3n) is 3.29. The van der Waals surface area contributed by atoms with Crippen LogP contribution >= 0.6 is 0 Å². The minimum absolute atomic E-state index is 0.178. The normalized spacial score (nSPS) is 11.5. The number of nitrogens with one attached hydrogen (secondary N) is 2. The van der Waals surface area contributed by atoms with Gasteiger partial charge in [0, 0.05) is 19.9 Å². The Hall–Kier alpha value is -2.62. The summed E-state index contributed by atoms with van der Waals surface area (Å²) in [6.07, 6.45) is 0.473. The Balaban J connectivity index is 1.98. The zero-order valence-electron chi connectivity index (χ0n) is 12.6. The maximum atomic E-state index is 12.3. The molecule has 0 fully saturated rings. The van der Waals surface area contributed by atoms with E-state index in [-0.39, 0.29) is 11.8 Å². The molecule has 0 radical (unpaired) electrons. The lowest BCUT2D eigenvalue weighted by Crippen LogP contribution is -2.47. The first kappa shape index (κ1) is 15.8. The summed E-state index contributed by atoms with van der Waals surface area (Å²) in [5.41, 5.74) is 2.04. The molecule has 114 valence electrons. The number of hydrogen-bond donors (Lipinski definition) is 2. The van der Waals surface area contributed by atoms with Gasteiger partial charge in [-0.05, 0) is 11.1 Å². The van der Waals surface area contributed by atoms with Gasteiger partial charge < -0.3 is 10.6 Å². The van der Waals surface area contributed by atoms with E-state index in [4.69, 9.17) is 0 Å². The van der Waals surface area contributed by atoms with Crippen LogP contribution in [-0.2, 0) is 22.6 Å². The van der Waals surface area contributed by atoms with Crippen LogP contribution in [0.2, 0.25) is 0 Å². The molecule has 1 atom stereocenters. The fourth-order valence-electron chi connectivity index (χ4n) is 2.21. The Labute approximate surface area is 130 Å². The summed E-state index contributed by atoms with van der Waals surface area (Å²) in [5, 5.41) is 5.58. The average Bonchev–Trinajstić information content (AvgIpc) is 2.53. The van der Waals surface area contributed by atoms with Gasteiger partial charge in [0.1, 0.15) is 6.04 Å². The molecule has 0 saturated heterocycles. The second-order valence-electron chi connectivity index (χ2n) is 5.15. The van der Waals surface area contributed by atoms with Gasteiger partial charge in [-0.25, -0.2) is 0 Å². The third kappa shape index (κ3) is 5.05. The highest BCUT2D eigenvalue weighted by atomic mass is 16.2. The second-order valence-corrected chi connectivity index (χ2v) is 5.15. The summed E-state index contributed by atoms with van der Waals surface area (Å²) in [4.78, 5) is 23.7. The lowest BCUT2D eigenvalue weighted by molar-refractivity contribution is -0.128. The van der Waals surface area contributed by atoms with Crippen LogP contribution in [0.25, 0.3) is 0 Å². The monoisotopic (exact) mass is 296 g/mol. The van der Waals surface area contributed by atoms with E-state index >= 15 is 0 Å². The Morgan fingerprint density at radius 3 is 2.00 bits per heavy atom. The second kappa shape index (κ2) is 7.98. The van der Waals surface area contributed by atoms with E-state index in [0.29, 0.717) is 13.0 Å². The van der Waals surface area contributed by atoms with Crippen molar-refractivity contribution in [3.05, 3.63) is 71.8 Å². The van der Waals surface area contributed by atoms with E-state index in [1.165, 1.54) is 6.92 Å². The van der Waals surface area contributed by atoms with Crippen molar-refractivity contribution in [2.75, 3.05) is 0 Å². The quantitative estimate of drug-likeness (QED) is 0.857. The Morgan fingerprint density at radius 1 is 0.909 bits per heavy atom. The standard InChI is InChI=1S/C18H20N2O2/c1-14(21)20-17(12-15-8-4-2-5-9-15)18(22)19-13-16-10-6-3-7-11-16/h2-11,17H,12-13H2,1H3,(H,19,22)(H,20,21)/t17-/m1/s1. The molecule has 22 heavy (non-hydrogen) atoms. The third-order valence-corrected chi connectivity index (χ3v) is 3.29. The first-order valence-electron chi connectivity index (χ1n) is 7.28. The highest BCUT2D eigenvalue weighted by Gasteiger charge is 2.19. The molecule has 2 rings (SSSR count). The number of rotatable bonds is 6. The van der Waals surface area contributed by atoms with E-state index < -0.39 is 6.04 Å². The van der Waals surface area contributed by atoms with Crippen LogP contribution in [-0.4, -0.2) is 17.9 Å². The van der Waals surface area contributed by atoms with E-state index in [2.05, 4.69) is 10.6 Å². The fourth-order valence-corrected chi connectivity index (χ4v) is 2.21. The van der Waals surface area contributed by atoms with Gasteiger partial charge in [0.25, 0.3) is 0 Å². The molecule has 0 bridgehead atoms. The summed E-state index contributed by atoms with van der Waals surface area (Å²) < 4.78 is 0. The SMILES string of the molecule is CC(=O)N[C@H](Cc1ccccc1)C(=O)NCc1ccccc1. The van der Waals surface area contributed by atoms with Crippen molar-refractivity contribution >= 4 is 11.8 Å². The van der Waals surface area contributed by atoms with Crippen LogP contribution < -0.4 is 10.6 Å². The predicted octanol–water partition coefficient (Wildman–Crippen LogP) is 2.05. The molecule has 2 aromatic rings. The zero-order chi connectivity index (χ0) is 15.8. The van der Waals surface area contributed by atoms with Crippen LogP contribution in [0.5, 0.6) is 0 Å². The van der Waals surface area contributed by atoms with E-state index in [1.54, 1.807) is 0 Å². The summed E-state index contributed by atoms with van der Waals surface area (Å²) in [6, 6.07) is 18.8. The van der Waals surface area contributed by atoms with Gasteiger partial charge in [0.2, 0.25) is 11.8 Å². The highest BCUT2D eigenvalue weighted by molar-refractivity contribution is 5.87. The fraction of sp³-hybridized carbons (Fsp3) is 0.222. The smallest absolute Gasteiger partial charge is 0.243 e. The molecule has 0 aliphatic rings. The molecule has 0 saturated carbocycles. The van der Waals surface area contributed by atoms with Crippen LogP contribution in [0.1, 0.15) is 18.1 Å². The van der Waals surface area contributed by atoms with Crippen molar-refractivity contribution in [1.82, 2.24) is 10.6 Å². The maximum Gasteiger partial charge on any atom is 0.243 e. The molecule has 2 amide bonds. The zero-order valence-corrected chi connectivity index (χ0v) is 12.6. The molecule has 0 heterocycles. The molecular weight excluding hydrogens is 276 g/mol. The summed E-state index contributed by atoms with van der Waals surface area (Å²) >= 11 is 0. The van der Waals surface area contributed by atoms with Gasteiger partial charge in [-0.1, -0.05) is 60.7 Å². The molecule has 0 aromatic heterocycles. The van der Waals surface area contributed by atoms with Crippen LogP contribution in [0.4, 0.5) is 0 Å². The number of benzene rings is 2. The van der Waals surface area contributed by atoms with E-state index in [0.717, 1.165) is 11.1 Å². The van der Waals surface area contributed by atoms with Crippen molar-refractivity contribution in [3.63, 3.8) is 0 Å². The van der Waals surface area contributed by atoms with Crippen molar-refractivity contribution in [2.24, 2.45) is 0 Å².